The van der Waals surface area contributed by atoms with E-state index in [1.54, 1.807) is 13.2 Å². The maximum Gasteiger partial charge on any atom is 0.200 e. The van der Waals surface area contributed by atoms with Crippen LogP contribution in [-0.2, 0) is 11.3 Å². The molecule has 1 aromatic heterocycles. The maximum atomic E-state index is 9.92. The van der Waals surface area contributed by atoms with E-state index in [-0.39, 0.29) is 17.2 Å². The number of hydrogen-bond donors (Lipinski definition) is 2. The van der Waals surface area contributed by atoms with E-state index in [0.29, 0.717) is 24.5 Å². The van der Waals surface area contributed by atoms with Gasteiger partial charge in [0.2, 0.25) is 5.75 Å². The second kappa shape index (κ2) is 6.18. The van der Waals surface area contributed by atoms with E-state index in [1.165, 1.54) is 13.2 Å². The highest BCUT2D eigenvalue weighted by atomic mass is 16.5. The topological polar surface area (TPSA) is 76.7 Å². The van der Waals surface area contributed by atoms with Gasteiger partial charge in [0.15, 0.2) is 11.5 Å². The van der Waals surface area contributed by atoms with Crippen molar-refractivity contribution in [2.24, 2.45) is 0 Å². The van der Waals surface area contributed by atoms with Crippen molar-refractivity contribution >= 4 is 11.0 Å². The van der Waals surface area contributed by atoms with Gasteiger partial charge < -0.3 is 24.3 Å². The third-order valence-corrected chi connectivity index (χ3v) is 3.71. The van der Waals surface area contributed by atoms with Crippen LogP contribution in [0.4, 0.5) is 0 Å². The number of fused-ring (bicyclic) bond motifs is 1. The zero-order chi connectivity index (χ0) is 16.4. The van der Waals surface area contributed by atoms with Crippen LogP contribution in [0, 0.1) is 0 Å². The molecule has 3 rings (SSSR count). The summed E-state index contributed by atoms with van der Waals surface area (Å²) in [5, 5.41) is 19.7. The van der Waals surface area contributed by atoms with E-state index in [1.807, 2.05) is 28.8 Å². The molecule has 0 amide bonds. The molecule has 0 aliphatic rings. The Morgan fingerprint density at radius 2 is 1.91 bits per heavy atom. The monoisotopic (exact) mass is 314 g/mol. The zero-order valence-corrected chi connectivity index (χ0v) is 13.0. The summed E-state index contributed by atoms with van der Waals surface area (Å²) in [4.78, 5) is 4.64. The number of benzene rings is 2. The van der Waals surface area contributed by atoms with Crippen molar-refractivity contribution in [1.82, 2.24) is 9.55 Å². The number of aromatic nitrogens is 2. The van der Waals surface area contributed by atoms with Gasteiger partial charge in [-0.2, -0.15) is 0 Å². The second-order valence-corrected chi connectivity index (χ2v) is 5.11. The van der Waals surface area contributed by atoms with Crippen molar-refractivity contribution in [3.63, 3.8) is 0 Å². The second-order valence-electron chi connectivity index (χ2n) is 5.11. The third-order valence-electron chi connectivity index (χ3n) is 3.71. The highest BCUT2D eigenvalue weighted by Crippen LogP contribution is 2.39. The Labute approximate surface area is 133 Å². The number of phenols is 2. The number of methoxy groups -OCH3 is 2. The van der Waals surface area contributed by atoms with E-state index in [9.17, 15) is 10.2 Å². The lowest BCUT2D eigenvalue weighted by atomic mass is 10.1. The molecule has 3 aromatic rings. The van der Waals surface area contributed by atoms with Gasteiger partial charge >= 0.3 is 0 Å². The van der Waals surface area contributed by atoms with Crippen molar-refractivity contribution in [2.75, 3.05) is 20.8 Å². The molecule has 0 fully saturated rings. The van der Waals surface area contributed by atoms with Crippen LogP contribution >= 0.6 is 0 Å². The molecule has 0 saturated carbocycles. The first-order chi connectivity index (χ1) is 11.2. The summed E-state index contributed by atoms with van der Waals surface area (Å²) in [6.07, 6.45) is 0. The first-order valence-electron chi connectivity index (χ1n) is 7.20. The van der Waals surface area contributed by atoms with Gasteiger partial charge in [-0.1, -0.05) is 12.1 Å². The summed E-state index contributed by atoms with van der Waals surface area (Å²) in [7, 11) is 3.08. The number of hydrogen-bond acceptors (Lipinski definition) is 5. The van der Waals surface area contributed by atoms with Crippen LogP contribution in [-0.4, -0.2) is 40.6 Å². The van der Waals surface area contributed by atoms with Crippen LogP contribution in [0.25, 0.3) is 22.4 Å². The Morgan fingerprint density at radius 3 is 2.65 bits per heavy atom. The molecule has 0 radical (unpaired) electrons. The summed E-state index contributed by atoms with van der Waals surface area (Å²) >= 11 is 0. The van der Waals surface area contributed by atoms with E-state index in [2.05, 4.69) is 4.98 Å². The quantitative estimate of drug-likeness (QED) is 0.708. The Kier molecular flexibility index (Phi) is 4.08. The molecule has 2 N–H and O–H groups in total. The Bertz CT molecular complexity index is 842. The Balaban J connectivity index is 2.21. The number of para-hydroxylation sites is 2. The minimum Gasteiger partial charge on any atom is -0.504 e. The number of rotatable bonds is 5. The summed E-state index contributed by atoms with van der Waals surface area (Å²) in [5.41, 5.74) is 2.49. The number of ether oxygens (including phenoxy) is 2. The van der Waals surface area contributed by atoms with Crippen LogP contribution in [0.2, 0.25) is 0 Å². The normalized spacial score (nSPS) is 11.0. The van der Waals surface area contributed by atoms with Gasteiger partial charge in [0.25, 0.3) is 0 Å². The lowest BCUT2D eigenvalue weighted by Gasteiger charge is -2.11. The van der Waals surface area contributed by atoms with Crippen LogP contribution in [0.15, 0.2) is 36.4 Å². The molecule has 6 nitrogen and oxygen atoms in total. The number of nitrogens with zero attached hydrogens (tertiary/aromatic N) is 2. The predicted molar refractivity (Wildman–Crippen MR) is 86.9 cm³/mol. The van der Waals surface area contributed by atoms with Crippen molar-refractivity contribution in [2.45, 2.75) is 6.54 Å². The highest BCUT2D eigenvalue weighted by Gasteiger charge is 2.16. The third kappa shape index (κ3) is 2.68. The molecule has 0 atom stereocenters. The summed E-state index contributed by atoms with van der Waals surface area (Å²) in [5.74, 6) is 0.350. The molecule has 0 saturated heterocycles. The molecule has 1 heterocycles. The minimum atomic E-state index is -0.282. The summed E-state index contributed by atoms with van der Waals surface area (Å²) in [6.45, 7) is 1.16. The smallest absolute Gasteiger partial charge is 0.200 e. The first kappa shape index (κ1) is 15.2. The molecule has 0 aliphatic carbocycles. The maximum absolute atomic E-state index is 9.92. The number of aromatic hydroxyl groups is 2. The molecular weight excluding hydrogens is 296 g/mol. The number of phenolic OH excluding ortho intramolecular Hbond substituents is 2. The van der Waals surface area contributed by atoms with Crippen molar-refractivity contribution < 1.29 is 19.7 Å². The van der Waals surface area contributed by atoms with Crippen LogP contribution in [0.3, 0.4) is 0 Å². The van der Waals surface area contributed by atoms with Gasteiger partial charge in [-0.25, -0.2) is 4.98 Å². The van der Waals surface area contributed by atoms with Gasteiger partial charge in [0, 0.05) is 19.2 Å². The average Bonchev–Trinajstić information content (AvgIpc) is 2.94. The van der Waals surface area contributed by atoms with E-state index in [4.69, 9.17) is 9.47 Å². The molecule has 120 valence electrons. The van der Waals surface area contributed by atoms with Gasteiger partial charge in [-0.3, -0.25) is 0 Å². The van der Waals surface area contributed by atoms with Crippen LogP contribution < -0.4 is 4.74 Å². The molecular formula is C17H18N2O4. The fraction of sp³-hybridized carbons (Fsp3) is 0.235. The van der Waals surface area contributed by atoms with E-state index in [0.717, 1.165) is 11.0 Å². The molecule has 6 heteroatoms. The SMILES string of the molecule is COCCn1c(-c2cc(O)c(O)c(OC)c2)nc2ccccc21. The predicted octanol–water partition coefficient (Wildman–Crippen LogP) is 2.77. The molecule has 2 aromatic carbocycles. The fourth-order valence-electron chi connectivity index (χ4n) is 2.58. The van der Waals surface area contributed by atoms with Crippen molar-refractivity contribution in [1.29, 1.82) is 0 Å². The Morgan fingerprint density at radius 1 is 1.13 bits per heavy atom. The molecule has 0 bridgehead atoms. The number of imidazole rings is 1. The highest BCUT2D eigenvalue weighted by molar-refractivity contribution is 5.81. The van der Waals surface area contributed by atoms with Crippen molar-refractivity contribution in [3.05, 3.63) is 36.4 Å². The molecule has 23 heavy (non-hydrogen) atoms. The Hall–Kier alpha value is -2.73. The minimum absolute atomic E-state index is 0.199. The van der Waals surface area contributed by atoms with Crippen LogP contribution in [0.1, 0.15) is 0 Å². The first-order valence-corrected chi connectivity index (χ1v) is 7.20. The summed E-state index contributed by atoms with van der Waals surface area (Å²) < 4.78 is 12.3. The largest absolute Gasteiger partial charge is 0.504 e. The summed E-state index contributed by atoms with van der Waals surface area (Å²) in [6, 6.07) is 10.9. The van der Waals surface area contributed by atoms with Gasteiger partial charge in [-0.15, -0.1) is 0 Å². The lowest BCUT2D eigenvalue weighted by molar-refractivity contribution is 0.188. The van der Waals surface area contributed by atoms with Gasteiger partial charge in [0.05, 0.1) is 24.8 Å². The van der Waals surface area contributed by atoms with E-state index < -0.39 is 0 Å². The van der Waals surface area contributed by atoms with Crippen LogP contribution in [0.5, 0.6) is 17.2 Å². The van der Waals surface area contributed by atoms with Crippen molar-refractivity contribution in [3.8, 4) is 28.6 Å². The lowest BCUT2D eigenvalue weighted by Crippen LogP contribution is -2.06. The molecule has 0 spiro atoms. The zero-order valence-electron chi connectivity index (χ0n) is 13.0. The van der Waals surface area contributed by atoms with Gasteiger partial charge in [-0.05, 0) is 24.3 Å². The fourth-order valence-corrected chi connectivity index (χ4v) is 2.58. The average molecular weight is 314 g/mol. The standard InChI is InChI=1S/C17H18N2O4/c1-22-8-7-19-13-6-4-3-5-12(13)18-17(19)11-9-14(20)16(21)15(10-11)23-2/h3-6,9-10,20-21H,7-8H2,1-2H3. The molecule has 0 unspecified atom stereocenters. The van der Waals surface area contributed by atoms with Gasteiger partial charge in [0.1, 0.15) is 5.82 Å². The molecule has 0 aliphatic heterocycles. The van der Waals surface area contributed by atoms with E-state index >= 15 is 0 Å².